The van der Waals surface area contributed by atoms with Crippen molar-refractivity contribution in [1.82, 2.24) is 9.97 Å². The Morgan fingerprint density at radius 3 is 2.71 bits per heavy atom. The van der Waals surface area contributed by atoms with Crippen LogP contribution in [0, 0.1) is 17.1 Å². The number of aromatic nitrogens is 2. The van der Waals surface area contributed by atoms with Crippen LogP contribution in [0.25, 0.3) is 16.6 Å². The number of benzene rings is 2. The van der Waals surface area contributed by atoms with E-state index in [2.05, 4.69) is 9.97 Å². The number of nitrogens with one attached hydrogen (secondary N) is 1. The third-order valence-electron chi connectivity index (χ3n) is 4.06. The predicted octanol–water partition coefficient (Wildman–Crippen LogP) is 3.75. The molecule has 0 bridgehead atoms. The van der Waals surface area contributed by atoms with Crippen LogP contribution in [0.4, 0.5) is 4.39 Å². The summed E-state index contributed by atoms with van der Waals surface area (Å²) in [5, 5.41) is 19.8. The Balaban J connectivity index is 1.86. The third-order valence-corrected chi connectivity index (χ3v) is 4.06. The number of rotatable bonds is 5. The number of halogens is 1. The van der Waals surface area contributed by atoms with Crippen molar-refractivity contribution < 1.29 is 23.8 Å². The van der Waals surface area contributed by atoms with E-state index in [0.717, 1.165) is 6.07 Å². The van der Waals surface area contributed by atoms with Crippen LogP contribution in [0.15, 0.2) is 48.2 Å². The van der Waals surface area contributed by atoms with E-state index in [0.29, 0.717) is 11.0 Å². The standard InChI is InChI=1S/C20H16FN3O4/c1-11(28-20(26)13-8-7-12(27-2)9-15(13)21)18(25)14(10-22)19-23-16-5-3-4-6-17(16)24-19/h3-9,11,25H,1-2H3,(H,23,24)/b18-14-/t11-/m0/s1. The van der Waals surface area contributed by atoms with Crippen LogP contribution in [-0.4, -0.2) is 34.3 Å². The summed E-state index contributed by atoms with van der Waals surface area (Å²) in [6.45, 7) is 1.37. The maximum atomic E-state index is 14.0. The normalized spacial score (nSPS) is 12.8. The van der Waals surface area contributed by atoms with Crippen LogP contribution in [0.3, 0.4) is 0 Å². The number of H-pyrrole nitrogens is 1. The fraction of sp³-hybridized carbons (Fsp3) is 0.150. The molecule has 28 heavy (non-hydrogen) atoms. The Morgan fingerprint density at radius 2 is 2.07 bits per heavy atom. The molecule has 0 aliphatic heterocycles. The molecule has 0 saturated heterocycles. The summed E-state index contributed by atoms with van der Waals surface area (Å²) < 4.78 is 24.0. The molecule has 3 aromatic rings. The molecule has 0 amide bonds. The summed E-state index contributed by atoms with van der Waals surface area (Å²) in [5.41, 5.74) is 0.806. The number of aromatic amines is 1. The van der Waals surface area contributed by atoms with Crippen LogP contribution in [0.2, 0.25) is 0 Å². The number of nitriles is 1. The first-order chi connectivity index (χ1) is 13.4. The van der Waals surface area contributed by atoms with Gasteiger partial charge in [-0.3, -0.25) is 0 Å². The van der Waals surface area contributed by atoms with Gasteiger partial charge in [0.05, 0.1) is 23.7 Å². The molecule has 2 aromatic carbocycles. The van der Waals surface area contributed by atoms with Gasteiger partial charge in [-0.15, -0.1) is 0 Å². The number of carbonyl (C=O) groups is 1. The SMILES string of the molecule is COc1ccc(C(=O)O[C@@H](C)/C(O)=C(\C#N)c2nc3ccccc3[nH]2)c(F)c1. The number of para-hydroxylation sites is 2. The molecule has 1 atom stereocenters. The lowest BCUT2D eigenvalue weighted by Gasteiger charge is -2.14. The number of hydrogen-bond acceptors (Lipinski definition) is 6. The van der Waals surface area contributed by atoms with E-state index in [-0.39, 0.29) is 22.7 Å². The smallest absolute Gasteiger partial charge is 0.341 e. The zero-order valence-electron chi connectivity index (χ0n) is 15.1. The molecule has 0 unspecified atom stereocenters. The first-order valence-corrected chi connectivity index (χ1v) is 8.27. The maximum absolute atomic E-state index is 14.0. The van der Waals surface area contributed by atoms with Gasteiger partial charge in [-0.25, -0.2) is 14.2 Å². The molecule has 0 aliphatic rings. The molecule has 8 heteroatoms. The highest BCUT2D eigenvalue weighted by Crippen LogP contribution is 2.23. The highest BCUT2D eigenvalue weighted by molar-refractivity contribution is 5.90. The molecule has 0 aliphatic carbocycles. The topological polar surface area (TPSA) is 108 Å². The number of aliphatic hydroxyl groups excluding tert-OH is 1. The van der Waals surface area contributed by atoms with Crippen LogP contribution < -0.4 is 4.74 Å². The minimum absolute atomic E-state index is 0.139. The average molecular weight is 381 g/mol. The van der Waals surface area contributed by atoms with E-state index in [9.17, 15) is 19.6 Å². The van der Waals surface area contributed by atoms with E-state index >= 15 is 0 Å². The Bertz CT molecular complexity index is 1080. The van der Waals surface area contributed by atoms with E-state index in [1.165, 1.54) is 26.2 Å². The number of esters is 1. The van der Waals surface area contributed by atoms with Gasteiger partial charge in [-0.05, 0) is 31.2 Å². The molecule has 2 N–H and O–H groups in total. The predicted molar refractivity (Wildman–Crippen MR) is 99.1 cm³/mol. The van der Waals surface area contributed by atoms with E-state index < -0.39 is 23.6 Å². The monoisotopic (exact) mass is 381 g/mol. The van der Waals surface area contributed by atoms with E-state index in [1.807, 2.05) is 6.07 Å². The molecular weight excluding hydrogens is 365 g/mol. The molecule has 1 heterocycles. The van der Waals surface area contributed by atoms with Crippen molar-refractivity contribution in [3.8, 4) is 11.8 Å². The van der Waals surface area contributed by atoms with Crippen LogP contribution in [-0.2, 0) is 4.74 Å². The number of fused-ring (bicyclic) bond motifs is 1. The number of ether oxygens (including phenoxy) is 2. The van der Waals surface area contributed by atoms with Crippen LogP contribution in [0.5, 0.6) is 5.75 Å². The van der Waals surface area contributed by atoms with Gasteiger partial charge in [0, 0.05) is 6.07 Å². The molecule has 0 spiro atoms. The number of imidazole rings is 1. The highest BCUT2D eigenvalue weighted by Gasteiger charge is 2.23. The number of aliphatic hydroxyl groups is 1. The number of hydrogen-bond donors (Lipinski definition) is 2. The van der Waals surface area contributed by atoms with Crippen molar-refractivity contribution in [3.05, 3.63) is 65.4 Å². The third kappa shape index (κ3) is 3.64. The lowest BCUT2D eigenvalue weighted by molar-refractivity contribution is 0.0329. The van der Waals surface area contributed by atoms with Gasteiger partial charge < -0.3 is 19.6 Å². The highest BCUT2D eigenvalue weighted by atomic mass is 19.1. The minimum Gasteiger partial charge on any atom is -0.507 e. The molecule has 0 radical (unpaired) electrons. The zero-order valence-corrected chi connectivity index (χ0v) is 15.1. The van der Waals surface area contributed by atoms with Crippen molar-refractivity contribution in [3.63, 3.8) is 0 Å². The maximum Gasteiger partial charge on any atom is 0.341 e. The fourth-order valence-electron chi connectivity index (χ4n) is 2.57. The molecule has 0 fully saturated rings. The second-order valence-electron chi connectivity index (χ2n) is 5.87. The van der Waals surface area contributed by atoms with Crippen molar-refractivity contribution in [2.24, 2.45) is 0 Å². The molecule has 142 valence electrons. The first-order valence-electron chi connectivity index (χ1n) is 8.27. The molecule has 1 aromatic heterocycles. The van der Waals surface area contributed by atoms with Crippen molar-refractivity contribution in [2.45, 2.75) is 13.0 Å². The van der Waals surface area contributed by atoms with Crippen LogP contribution in [0.1, 0.15) is 23.1 Å². The number of nitrogens with zero attached hydrogens (tertiary/aromatic N) is 2. The Labute approximate surface area is 159 Å². The van der Waals surface area contributed by atoms with Crippen LogP contribution >= 0.6 is 0 Å². The lowest BCUT2D eigenvalue weighted by atomic mass is 10.1. The van der Waals surface area contributed by atoms with Gasteiger partial charge >= 0.3 is 5.97 Å². The van der Waals surface area contributed by atoms with Gasteiger partial charge in [-0.1, -0.05) is 12.1 Å². The molecular formula is C20H16FN3O4. The van der Waals surface area contributed by atoms with Crippen molar-refractivity contribution in [1.29, 1.82) is 5.26 Å². The lowest BCUT2D eigenvalue weighted by Crippen LogP contribution is -2.19. The number of allylic oxidation sites excluding steroid dienone is 1. The van der Waals surface area contributed by atoms with Gasteiger partial charge in [0.25, 0.3) is 0 Å². The van der Waals surface area contributed by atoms with E-state index in [4.69, 9.17) is 9.47 Å². The van der Waals surface area contributed by atoms with Crippen molar-refractivity contribution in [2.75, 3.05) is 7.11 Å². The molecule has 7 nitrogen and oxygen atoms in total. The van der Waals surface area contributed by atoms with Gasteiger partial charge in [0.1, 0.15) is 23.2 Å². The Kier molecular flexibility index (Phi) is 5.27. The molecule has 3 rings (SSSR count). The minimum atomic E-state index is -1.20. The Hall–Kier alpha value is -3.86. The fourth-order valence-corrected chi connectivity index (χ4v) is 2.57. The van der Waals surface area contributed by atoms with Gasteiger partial charge in [-0.2, -0.15) is 5.26 Å². The summed E-state index contributed by atoms with van der Waals surface area (Å²) in [6, 6.07) is 12.6. The summed E-state index contributed by atoms with van der Waals surface area (Å²) >= 11 is 0. The quantitative estimate of drug-likeness (QED) is 0.396. The average Bonchev–Trinajstić information content (AvgIpc) is 3.11. The van der Waals surface area contributed by atoms with Gasteiger partial charge in [0.2, 0.25) is 0 Å². The second kappa shape index (κ2) is 7.80. The van der Waals surface area contributed by atoms with E-state index in [1.54, 1.807) is 24.3 Å². The number of carbonyl (C=O) groups excluding carboxylic acids is 1. The zero-order chi connectivity index (χ0) is 20.3. The largest absolute Gasteiger partial charge is 0.507 e. The van der Waals surface area contributed by atoms with Crippen molar-refractivity contribution >= 4 is 22.6 Å². The summed E-state index contributed by atoms with van der Waals surface area (Å²) in [7, 11) is 1.37. The molecule has 0 saturated carbocycles. The number of methoxy groups -OCH3 is 1. The second-order valence-corrected chi connectivity index (χ2v) is 5.87. The van der Waals surface area contributed by atoms with Gasteiger partial charge in [0.15, 0.2) is 17.7 Å². The first kappa shape index (κ1) is 18.9. The Morgan fingerprint density at radius 1 is 1.32 bits per heavy atom. The summed E-state index contributed by atoms with van der Waals surface area (Å²) in [6.07, 6.45) is -1.20. The summed E-state index contributed by atoms with van der Waals surface area (Å²) in [4.78, 5) is 19.4. The summed E-state index contributed by atoms with van der Waals surface area (Å²) in [5.74, 6) is -1.91.